The van der Waals surface area contributed by atoms with Gasteiger partial charge in [0.05, 0.1) is 21.8 Å². The Labute approximate surface area is 209 Å². The third kappa shape index (κ3) is 6.64. The second-order valence-corrected chi connectivity index (χ2v) is 10.7. The van der Waals surface area contributed by atoms with Crippen LogP contribution in [-0.4, -0.2) is 38.4 Å². The third-order valence-electron chi connectivity index (χ3n) is 6.07. The van der Waals surface area contributed by atoms with Crippen molar-refractivity contribution in [3.05, 3.63) is 39.6 Å². The zero-order valence-electron chi connectivity index (χ0n) is 19.4. The first-order valence-electron chi connectivity index (χ1n) is 11.2. The number of aromatic nitrogens is 3. The van der Waals surface area contributed by atoms with Gasteiger partial charge in [-0.15, -0.1) is 10.2 Å². The highest BCUT2D eigenvalue weighted by Gasteiger charge is 2.26. The highest BCUT2D eigenvalue weighted by Crippen LogP contribution is 2.27. The van der Waals surface area contributed by atoms with Gasteiger partial charge in [0.25, 0.3) is 5.91 Å². The van der Waals surface area contributed by atoms with Crippen molar-refractivity contribution in [1.82, 2.24) is 25.4 Å². The molecule has 2 aromatic rings. The maximum Gasteiger partial charge on any atom is 0.251 e. The molecule has 1 aliphatic carbocycles. The molecular formula is C23H31Cl2N5O2S. The monoisotopic (exact) mass is 511 g/mol. The Kier molecular flexibility index (Phi) is 9.07. The van der Waals surface area contributed by atoms with Gasteiger partial charge in [0.15, 0.2) is 11.0 Å². The summed E-state index contributed by atoms with van der Waals surface area (Å²) in [6, 6.07) is 4.66. The molecule has 3 atom stereocenters. The number of hydrogen-bond acceptors (Lipinski definition) is 5. The lowest BCUT2D eigenvalue weighted by Crippen LogP contribution is -2.41. The van der Waals surface area contributed by atoms with Crippen LogP contribution in [0, 0.1) is 11.8 Å². The van der Waals surface area contributed by atoms with E-state index in [0.29, 0.717) is 32.5 Å². The van der Waals surface area contributed by atoms with Crippen molar-refractivity contribution in [2.75, 3.05) is 5.75 Å². The van der Waals surface area contributed by atoms with Gasteiger partial charge in [0.1, 0.15) is 0 Å². The van der Waals surface area contributed by atoms with Crippen molar-refractivity contribution in [3.8, 4) is 0 Å². The van der Waals surface area contributed by atoms with Crippen LogP contribution in [0.5, 0.6) is 0 Å². The predicted molar refractivity (Wildman–Crippen MR) is 133 cm³/mol. The number of rotatable bonds is 8. The molecule has 1 heterocycles. The van der Waals surface area contributed by atoms with E-state index < -0.39 is 0 Å². The van der Waals surface area contributed by atoms with E-state index in [1.54, 1.807) is 18.2 Å². The number of thioether (sulfide) groups is 1. The van der Waals surface area contributed by atoms with Gasteiger partial charge in [-0.05, 0) is 42.9 Å². The first kappa shape index (κ1) is 25.8. The van der Waals surface area contributed by atoms with Crippen LogP contribution in [0.2, 0.25) is 10.0 Å². The van der Waals surface area contributed by atoms with Crippen LogP contribution < -0.4 is 10.6 Å². The molecule has 2 amide bonds. The van der Waals surface area contributed by atoms with Crippen LogP contribution in [0.25, 0.3) is 0 Å². The Morgan fingerprint density at radius 3 is 2.58 bits per heavy atom. The molecule has 0 unspecified atom stereocenters. The molecule has 1 aliphatic rings. The maximum absolute atomic E-state index is 12.8. The Morgan fingerprint density at radius 2 is 1.91 bits per heavy atom. The van der Waals surface area contributed by atoms with Crippen molar-refractivity contribution in [2.24, 2.45) is 18.9 Å². The summed E-state index contributed by atoms with van der Waals surface area (Å²) in [6.07, 6.45) is 4.61. The van der Waals surface area contributed by atoms with Crippen LogP contribution in [0.1, 0.15) is 68.7 Å². The van der Waals surface area contributed by atoms with Crippen LogP contribution in [0.4, 0.5) is 0 Å². The molecular weight excluding hydrogens is 481 g/mol. The highest BCUT2D eigenvalue weighted by molar-refractivity contribution is 7.99. The van der Waals surface area contributed by atoms with Crippen molar-refractivity contribution >= 4 is 46.8 Å². The van der Waals surface area contributed by atoms with E-state index in [1.165, 1.54) is 24.6 Å². The predicted octanol–water partition coefficient (Wildman–Crippen LogP) is 5.04. The Hall–Kier alpha value is -1.77. The maximum atomic E-state index is 12.8. The van der Waals surface area contributed by atoms with E-state index in [1.807, 2.05) is 25.5 Å². The molecule has 180 valence electrons. The molecule has 0 bridgehead atoms. The average molecular weight is 513 g/mol. The van der Waals surface area contributed by atoms with Crippen LogP contribution in [-0.2, 0) is 11.8 Å². The number of nitrogens with one attached hydrogen (secondary N) is 2. The molecule has 0 aliphatic heterocycles. The summed E-state index contributed by atoms with van der Waals surface area (Å²) in [5.41, 5.74) is 0.417. The second kappa shape index (κ2) is 11.6. The minimum absolute atomic E-state index is 0.0108. The first-order valence-corrected chi connectivity index (χ1v) is 13.0. The lowest BCUT2D eigenvalue weighted by molar-refractivity contribution is -0.119. The van der Waals surface area contributed by atoms with E-state index in [0.717, 1.165) is 12.8 Å². The number of amides is 2. The Bertz CT molecular complexity index is 997. The summed E-state index contributed by atoms with van der Waals surface area (Å²) >= 11 is 13.4. The molecule has 0 radical (unpaired) electrons. The first-order chi connectivity index (χ1) is 15.7. The van der Waals surface area contributed by atoms with E-state index in [4.69, 9.17) is 23.2 Å². The SMILES string of the molecule is CC(C)[C@H](NC(=O)c1ccc(Cl)c(Cl)c1)c1nnc(SCC(=O)N[C@@H]2CCCC[C@H]2C)n1C. The van der Waals surface area contributed by atoms with Crippen LogP contribution in [0.3, 0.4) is 0 Å². The topological polar surface area (TPSA) is 88.9 Å². The fourth-order valence-electron chi connectivity index (χ4n) is 4.02. The summed E-state index contributed by atoms with van der Waals surface area (Å²) in [4.78, 5) is 25.3. The van der Waals surface area contributed by atoms with Crippen molar-refractivity contribution in [3.63, 3.8) is 0 Å². The molecule has 1 aromatic carbocycles. The summed E-state index contributed by atoms with van der Waals surface area (Å²) in [5.74, 6) is 1.22. The highest BCUT2D eigenvalue weighted by atomic mass is 35.5. The minimum atomic E-state index is -0.365. The number of carbonyl (C=O) groups is 2. The summed E-state index contributed by atoms with van der Waals surface area (Å²) in [7, 11) is 1.85. The van der Waals surface area contributed by atoms with Gasteiger partial charge in [-0.3, -0.25) is 9.59 Å². The van der Waals surface area contributed by atoms with Crippen LogP contribution in [0.15, 0.2) is 23.4 Å². The molecule has 0 spiro atoms. The normalized spacial score (nSPS) is 19.4. The summed E-state index contributed by atoms with van der Waals surface area (Å²) in [5, 5.41) is 16.1. The molecule has 10 heteroatoms. The van der Waals surface area contributed by atoms with E-state index in [-0.39, 0.29) is 35.6 Å². The molecule has 1 saturated carbocycles. The van der Waals surface area contributed by atoms with E-state index >= 15 is 0 Å². The van der Waals surface area contributed by atoms with Crippen molar-refractivity contribution in [2.45, 2.75) is 63.7 Å². The fourth-order valence-corrected chi connectivity index (χ4v) is 5.05. The van der Waals surface area contributed by atoms with Gasteiger partial charge in [-0.25, -0.2) is 0 Å². The van der Waals surface area contributed by atoms with Gasteiger partial charge >= 0.3 is 0 Å². The minimum Gasteiger partial charge on any atom is -0.352 e. The van der Waals surface area contributed by atoms with Crippen molar-refractivity contribution < 1.29 is 9.59 Å². The van der Waals surface area contributed by atoms with Gasteiger partial charge in [-0.2, -0.15) is 0 Å². The van der Waals surface area contributed by atoms with E-state index in [9.17, 15) is 9.59 Å². The standard InChI is InChI=1S/C23H31Cl2N5O2S/c1-13(2)20(27-22(32)15-9-10-16(24)17(25)11-15)21-28-29-23(30(21)4)33-12-19(31)26-18-8-6-5-7-14(18)3/h9-11,13-14,18,20H,5-8,12H2,1-4H3,(H,26,31)(H,27,32)/t14-,18-,20+/m1/s1. The Morgan fingerprint density at radius 1 is 1.18 bits per heavy atom. The average Bonchev–Trinajstić information content (AvgIpc) is 3.13. The quantitative estimate of drug-likeness (QED) is 0.484. The fraction of sp³-hybridized carbons (Fsp3) is 0.565. The number of hydrogen-bond donors (Lipinski definition) is 2. The summed E-state index contributed by atoms with van der Waals surface area (Å²) < 4.78 is 1.83. The number of benzene rings is 1. The summed E-state index contributed by atoms with van der Waals surface area (Å²) in [6.45, 7) is 6.20. The lowest BCUT2D eigenvalue weighted by Gasteiger charge is -2.29. The third-order valence-corrected chi connectivity index (χ3v) is 7.83. The molecule has 2 N–H and O–H groups in total. The molecule has 3 rings (SSSR count). The zero-order valence-corrected chi connectivity index (χ0v) is 21.7. The molecule has 1 fully saturated rings. The molecule has 33 heavy (non-hydrogen) atoms. The van der Waals surface area contributed by atoms with Gasteiger partial charge < -0.3 is 15.2 Å². The van der Waals surface area contributed by atoms with Gasteiger partial charge in [0.2, 0.25) is 5.91 Å². The number of nitrogens with zero attached hydrogens (tertiary/aromatic N) is 3. The van der Waals surface area contributed by atoms with Crippen LogP contribution >= 0.6 is 35.0 Å². The Balaban J connectivity index is 1.64. The smallest absolute Gasteiger partial charge is 0.251 e. The van der Waals surface area contributed by atoms with Gasteiger partial charge in [-0.1, -0.05) is 68.6 Å². The second-order valence-electron chi connectivity index (χ2n) is 8.95. The molecule has 7 nitrogen and oxygen atoms in total. The molecule has 1 aromatic heterocycles. The zero-order chi connectivity index (χ0) is 24.1. The van der Waals surface area contributed by atoms with E-state index in [2.05, 4.69) is 27.8 Å². The van der Waals surface area contributed by atoms with Crippen molar-refractivity contribution in [1.29, 1.82) is 0 Å². The lowest BCUT2D eigenvalue weighted by atomic mass is 9.86. The van der Waals surface area contributed by atoms with Gasteiger partial charge in [0, 0.05) is 18.7 Å². The molecule has 0 saturated heterocycles. The largest absolute Gasteiger partial charge is 0.352 e. The number of halogens is 2. The number of carbonyl (C=O) groups excluding carboxylic acids is 2.